The van der Waals surface area contributed by atoms with E-state index in [1.807, 2.05) is 18.2 Å². The normalized spacial score (nSPS) is 20.6. The molecular formula is C24H23N3O6. The maximum atomic E-state index is 13.2. The molecular weight excluding hydrogens is 426 g/mol. The van der Waals surface area contributed by atoms with Gasteiger partial charge in [0.15, 0.2) is 17.3 Å². The van der Waals surface area contributed by atoms with E-state index in [1.165, 1.54) is 30.2 Å². The maximum absolute atomic E-state index is 13.2. The van der Waals surface area contributed by atoms with Crippen molar-refractivity contribution < 1.29 is 28.7 Å². The van der Waals surface area contributed by atoms with Gasteiger partial charge in [-0.15, -0.1) is 0 Å². The highest BCUT2D eigenvalue weighted by molar-refractivity contribution is 6.11. The number of aryl methyl sites for hydroxylation is 2. The lowest BCUT2D eigenvalue weighted by molar-refractivity contribution is -0.133. The van der Waals surface area contributed by atoms with Crippen LogP contribution in [0.4, 0.5) is 10.5 Å². The summed E-state index contributed by atoms with van der Waals surface area (Å²) < 4.78 is 10.6. The fourth-order valence-corrected chi connectivity index (χ4v) is 4.59. The van der Waals surface area contributed by atoms with Crippen molar-refractivity contribution in [2.45, 2.75) is 38.6 Å². The van der Waals surface area contributed by atoms with Gasteiger partial charge in [0, 0.05) is 11.6 Å². The van der Waals surface area contributed by atoms with E-state index in [1.54, 1.807) is 6.92 Å². The Bertz CT molecular complexity index is 1220. The number of imide groups is 1. The number of carbonyl (C=O) groups is 4. The fraction of sp³-hybridized carbons (Fsp3) is 0.333. The van der Waals surface area contributed by atoms with Crippen LogP contribution in [0, 0.1) is 0 Å². The molecule has 2 aromatic carbocycles. The standard InChI is InChI=1S/C24H23N3O6/c1-13(28)17-9-19-20(33-12-32-19)10-18(17)25-21(29)11-27-22(30)24(2,26-23(27)31)16-7-6-14-4-3-5-15(14)8-16/h6-10H,3-5,11-12H2,1-2H3,(H,25,29)(H,26,31). The molecule has 0 bridgehead atoms. The van der Waals surface area contributed by atoms with Crippen molar-refractivity contribution in [2.24, 2.45) is 0 Å². The average molecular weight is 449 g/mol. The first-order valence-corrected chi connectivity index (χ1v) is 10.8. The van der Waals surface area contributed by atoms with Crippen molar-refractivity contribution in [3.8, 4) is 11.5 Å². The molecule has 0 radical (unpaired) electrons. The van der Waals surface area contributed by atoms with Crippen molar-refractivity contribution in [1.29, 1.82) is 0 Å². The molecule has 9 heteroatoms. The molecule has 3 aliphatic rings. The second-order valence-corrected chi connectivity index (χ2v) is 8.64. The topological polar surface area (TPSA) is 114 Å². The maximum Gasteiger partial charge on any atom is 0.325 e. The molecule has 1 aliphatic carbocycles. The summed E-state index contributed by atoms with van der Waals surface area (Å²) in [6, 6.07) is 8.18. The van der Waals surface area contributed by atoms with E-state index >= 15 is 0 Å². The van der Waals surface area contributed by atoms with Crippen LogP contribution in [-0.2, 0) is 28.0 Å². The molecule has 2 aromatic rings. The molecule has 170 valence electrons. The summed E-state index contributed by atoms with van der Waals surface area (Å²) >= 11 is 0. The van der Waals surface area contributed by atoms with Gasteiger partial charge in [-0.3, -0.25) is 19.3 Å². The Labute approximate surface area is 190 Å². The van der Waals surface area contributed by atoms with Gasteiger partial charge in [0.25, 0.3) is 5.91 Å². The number of nitrogens with one attached hydrogen (secondary N) is 2. The van der Waals surface area contributed by atoms with E-state index in [-0.39, 0.29) is 23.8 Å². The lowest BCUT2D eigenvalue weighted by atomic mass is 9.89. The van der Waals surface area contributed by atoms with E-state index in [9.17, 15) is 19.2 Å². The highest BCUT2D eigenvalue weighted by atomic mass is 16.7. The number of carbonyl (C=O) groups excluding carboxylic acids is 4. The molecule has 2 aliphatic heterocycles. The number of urea groups is 1. The van der Waals surface area contributed by atoms with Crippen molar-refractivity contribution in [1.82, 2.24) is 10.2 Å². The van der Waals surface area contributed by atoms with Gasteiger partial charge in [-0.05, 0) is 55.9 Å². The molecule has 0 aromatic heterocycles. The monoisotopic (exact) mass is 449 g/mol. The minimum absolute atomic E-state index is 0.0216. The lowest BCUT2D eigenvalue weighted by Gasteiger charge is -2.23. The van der Waals surface area contributed by atoms with Gasteiger partial charge in [-0.1, -0.05) is 18.2 Å². The highest BCUT2D eigenvalue weighted by Gasteiger charge is 2.49. The molecule has 1 unspecified atom stereocenters. The van der Waals surface area contributed by atoms with Crippen LogP contribution < -0.4 is 20.1 Å². The van der Waals surface area contributed by atoms with Crippen LogP contribution in [0.1, 0.15) is 47.3 Å². The smallest absolute Gasteiger partial charge is 0.325 e. The van der Waals surface area contributed by atoms with E-state index in [2.05, 4.69) is 10.6 Å². The Morgan fingerprint density at radius 2 is 1.82 bits per heavy atom. The highest BCUT2D eigenvalue weighted by Crippen LogP contribution is 2.37. The molecule has 9 nitrogen and oxygen atoms in total. The number of nitrogens with zero attached hydrogens (tertiary/aromatic N) is 1. The number of rotatable bonds is 5. The lowest BCUT2D eigenvalue weighted by Crippen LogP contribution is -2.42. The third-order valence-corrected chi connectivity index (χ3v) is 6.42. The van der Waals surface area contributed by atoms with Crippen molar-refractivity contribution >= 4 is 29.3 Å². The van der Waals surface area contributed by atoms with Crippen LogP contribution in [0.5, 0.6) is 11.5 Å². The first-order valence-electron chi connectivity index (χ1n) is 10.8. The Hall–Kier alpha value is -3.88. The molecule has 0 saturated carbocycles. The number of amides is 4. The molecule has 1 fully saturated rings. The number of Topliss-reactive ketones (excluding diaryl/α,β-unsaturated/α-hetero) is 1. The Morgan fingerprint density at radius 1 is 1.09 bits per heavy atom. The van der Waals surface area contributed by atoms with Crippen LogP contribution >= 0.6 is 0 Å². The summed E-state index contributed by atoms with van der Waals surface area (Å²) in [7, 11) is 0. The Balaban J connectivity index is 1.35. The van der Waals surface area contributed by atoms with Crippen LogP contribution in [-0.4, -0.2) is 41.9 Å². The van der Waals surface area contributed by atoms with Gasteiger partial charge in [-0.25, -0.2) is 4.79 Å². The molecule has 1 saturated heterocycles. The second-order valence-electron chi connectivity index (χ2n) is 8.64. The summed E-state index contributed by atoms with van der Waals surface area (Å²) in [5, 5.41) is 5.36. The molecule has 4 amide bonds. The fourth-order valence-electron chi connectivity index (χ4n) is 4.59. The van der Waals surface area contributed by atoms with Gasteiger partial charge < -0.3 is 20.1 Å². The zero-order valence-electron chi connectivity index (χ0n) is 18.3. The molecule has 2 heterocycles. The molecule has 5 rings (SSSR count). The number of fused-ring (bicyclic) bond motifs is 2. The van der Waals surface area contributed by atoms with Gasteiger partial charge in [0.05, 0.1) is 5.69 Å². The summed E-state index contributed by atoms with van der Waals surface area (Å²) in [6.45, 7) is 2.55. The van der Waals surface area contributed by atoms with Crippen LogP contribution in [0.25, 0.3) is 0 Å². The minimum Gasteiger partial charge on any atom is -0.454 e. The number of ether oxygens (including phenoxy) is 2. The molecule has 33 heavy (non-hydrogen) atoms. The number of benzene rings is 2. The first-order chi connectivity index (χ1) is 15.8. The van der Waals surface area contributed by atoms with Gasteiger partial charge in [-0.2, -0.15) is 0 Å². The summed E-state index contributed by atoms with van der Waals surface area (Å²) in [6.07, 6.45) is 3.03. The number of hydrogen-bond acceptors (Lipinski definition) is 6. The molecule has 1 atom stereocenters. The van der Waals surface area contributed by atoms with Gasteiger partial charge >= 0.3 is 6.03 Å². The van der Waals surface area contributed by atoms with Gasteiger partial charge in [0.2, 0.25) is 12.7 Å². The zero-order chi connectivity index (χ0) is 23.3. The quantitative estimate of drug-likeness (QED) is 0.536. The van der Waals surface area contributed by atoms with Crippen LogP contribution in [0.2, 0.25) is 0 Å². The van der Waals surface area contributed by atoms with Crippen molar-refractivity contribution in [2.75, 3.05) is 18.7 Å². The number of ketones is 1. The predicted octanol–water partition coefficient (Wildman–Crippen LogP) is 2.51. The largest absolute Gasteiger partial charge is 0.454 e. The SMILES string of the molecule is CC(=O)c1cc2c(cc1NC(=O)CN1C(=O)NC(C)(c3ccc4c(c3)CCC4)C1=O)OCO2. The first kappa shape index (κ1) is 21.0. The Kier molecular flexibility index (Phi) is 4.84. The minimum atomic E-state index is -1.25. The summed E-state index contributed by atoms with van der Waals surface area (Å²) in [5.74, 6) is -0.578. The molecule has 0 spiro atoms. The molecule has 2 N–H and O–H groups in total. The van der Waals surface area contributed by atoms with Crippen LogP contribution in [0.15, 0.2) is 30.3 Å². The van der Waals surface area contributed by atoms with E-state index in [0.29, 0.717) is 17.1 Å². The zero-order valence-corrected chi connectivity index (χ0v) is 18.3. The van der Waals surface area contributed by atoms with Crippen LogP contribution in [0.3, 0.4) is 0 Å². The summed E-state index contributed by atoms with van der Waals surface area (Å²) in [5.41, 5.74) is 2.36. The summed E-state index contributed by atoms with van der Waals surface area (Å²) in [4.78, 5) is 51.6. The van der Waals surface area contributed by atoms with Crippen molar-refractivity contribution in [3.05, 3.63) is 52.6 Å². The van der Waals surface area contributed by atoms with Gasteiger partial charge in [0.1, 0.15) is 12.1 Å². The second kappa shape index (κ2) is 7.61. The van der Waals surface area contributed by atoms with E-state index in [0.717, 1.165) is 24.2 Å². The Morgan fingerprint density at radius 3 is 2.58 bits per heavy atom. The number of hydrogen-bond donors (Lipinski definition) is 2. The third-order valence-electron chi connectivity index (χ3n) is 6.42. The average Bonchev–Trinajstić information content (AvgIpc) is 3.48. The van der Waals surface area contributed by atoms with Crippen molar-refractivity contribution in [3.63, 3.8) is 0 Å². The predicted molar refractivity (Wildman–Crippen MR) is 117 cm³/mol. The third kappa shape index (κ3) is 3.49. The van der Waals surface area contributed by atoms with E-state index < -0.39 is 29.9 Å². The van der Waals surface area contributed by atoms with E-state index in [4.69, 9.17) is 9.47 Å². The number of anilines is 1.